The number of likely N-dealkylation sites (N-methyl/N-ethyl adjacent to an activating group) is 1. The highest BCUT2D eigenvalue weighted by Crippen LogP contribution is 2.28. The third-order valence-electron chi connectivity index (χ3n) is 5.42. The average Bonchev–Trinajstić information content (AvgIpc) is 2.82. The van der Waals surface area contributed by atoms with E-state index in [2.05, 4.69) is 4.90 Å². The fourth-order valence-corrected chi connectivity index (χ4v) is 5.00. The first-order chi connectivity index (χ1) is 14.9. The predicted octanol–water partition coefficient (Wildman–Crippen LogP) is 2.06. The molecule has 9 heteroatoms. The van der Waals surface area contributed by atoms with E-state index in [4.69, 9.17) is 9.47 Å². The van der Waals surface area contributed by atoms with Crippen molar-refractivity contribution in [2.75, 3.05) is 58.4 Å². The Morgan fingerprint density at radius 3 is 2.19 bits per heavy atom. The van der Waals surface area contributed by atoms with Gasteiger partial charge in [-0.1, -0.05) is 19.1 Å². The highest BCUT2D eigenvalue weighted by Gasteiger charge is 2.29. The van der Waals surface area contributed by atoms with Crippen molar-refractivity contribution in [1.82, 2.24) is 9.21 Å². The van der Waals surface area contributed by atoms with Gasteiger partial charge >= 0.3 is 0 Å². The molecule has 3 rings (SSSR count). The third kappa shape index (κ3) is 5.11. The highest BCUT2D eigenvalue weighted by molar-refractivity contribution is 7.89. The number of benzene rings is 2. The van der Waals surface area contributed by atoms with Crippen LogP contribution in [0, 0.1) is 0 Å². The van der Waals surface area contributed by atoms with Crippen LogP contribution in [0.3, 0.4) is 0 Å². The molecular weight excluding hydrogens is 418 g/mol. The number of hydrogen-bond acceptors (Lipinski definition) is 6. The summed E-state index contributed by atoms with van der Waals surface area (Å²) >= 11 is 0. The number of nitrogens with zero attached hydrogens (tertiary/aromatic N) is 3. The molecule has 1 fully saturated rings. The zero-order valence-corrected chi connectivity index (χ0v) is 19.0. The third-order valence-corrected chi connectivity index (χ3v) is 7.35. The van der Waals surface area contributed by atoms with Crippen LogP contribution in [0.25, 0.3) is 0 Å². The van der Waals surface area contributed by atoms with E-state index in [-0.39, 0.29) is 23.9 Å². The smallest absolute Gasteiger partial charge is 0.243 e. The molecule has 0 N–H and O–H groups in total. The van der Waals surface area contributed by atoms with Crippen molar-refractivity contribution in [1.29, 1.82) is 0 Å². The molecule has 0 bridgehead atoms. The molecule has 1 aliphatic rings. The van der Waals surface area contributed by atoms with Gasteiger partial charge in [-0.05, 0) is 36.4 Å². The van der Waals surface area contributed by atoms with Crippen molar-refractivity contribution in [3.63, 3.8) is 0 Å². The van der Waals surface area contributed by atoms with E-state index >= 15 is 0 Å². The second-order valence-corrected chi connectivity index (χ2v) is 9.08. The van der Waals surface area contributed by atoms with Gasteiger partial charge in [-0.25, -0.2) is 8.42 Å². The standard InChI is InChI=1S/C22H29N3O5S/c1-4-25(31(27,28)19-11-9-18(29-2)10-12-19)17-22(26)24-15-13-23(14-16-24)20-7-5-6-8-21(20)30-3/h5-12H,4,13-17H2,1-3H3. The summed E-state index contributed by atoms with van der Waals surface area (Å²) in [6, 6.07) is 14.0. The molecule has 0 aromatic heterocycles. The van der Waals surface area contributed by atoms with E-state index < -0.39 is 10.0 Å². The van der Waals surface area contributed by atoms with Crippen LogP contribution in [0.4, 0.5) is 5.69 Å². The minimum atomic E-state index is -3.77. The zero-order chi connectivity index (χ0) is 22.4. The number of hydrogen-bond donors (Lipinski definition) is 0. The Labute approximate surface area is 184 Å². The van der Waals surface area contributed by atoms with Crippen molar-refractivity contribution in [3.8, 4) is 11.5 Å². The molecule has 0 aliphatic carbocycles. The summed E-state index contributed by atoms with van der Waals surface area (Å²) in [6.45, 7) is 4.12. The van der Waals surface area contributed by atoms with Gasteiger partial charge in [0.05, 0.1) is 31.3 Å². The molecule has 1 saturated heterocycles. The molecule has 1 amide bonds. The second kappa shape index (κ2) is 10.0. The molecule has 0 atom stereocenters. The molecule has 8 nitrogen and oxygen atoms in total. The Morgan fingerprint density at radius 1 is 0.968 bits per heavy atom. The van der Waals surface area contributed by atoms with Crippen molar-refractivity contribution in [2.24, 2.45) is 0 Å². The summed E-state index contributed by atoms with van der Waals surface area (Å²) < 4.78 is 37.7. The molecule has 0 unspecified atom stereocenters. The first kappa shape index (κ1) is 22.9. The first-order valence-electron chi connectivity index (χ1n) is 10.2. The number of methoxy groups -OCH3 is 2. The minimum Gasteiger partial charge on any atom is -0.497 e. The summed E-state index contributed by atoms with van der Waals surface area (Å²) in [6.07, 6.45) is 0. The van der Waals surface area contributed by atoms with Crippen molar-refractivity contribution in [3.05, 3.63) is 48.5 Å². The fourth-order valence-electron chi connectivity index (χ4n) is 3.60. The SMILES string of the molecule is CCN(CC(=O)N1CCN(c2ccccc2OC)CC1)S(=O)(=O)c1ccc(OC)cc1. The fraction of sp³-hybridized carbons (Fsp3) is 0.409. The first-order valence-corrected chi connectivity index (χ1v) is 11.6. The van der Waals surface area contributed by atoms with Crippen LogP contribution in [0.1, 0.15) is 6.92 Å². The van der Waals surface area contributed by atoms with Gasteiger partial charge in [0.15, 0.2) is 0 Å². The molecule has 0 spiro atoms. The van der Waals surface area contributed by atoms with Crippen molar-refractivity contribution >= 4 is 21.6 Å². The van der Waals surface area contributed by atoms with Crippen LogP contribution in [-0.4, -0.2) is 77.0 Å². The van der Waals surface area contributed by atoms with Gasteiger partial charge in [-0.15, -0.1) is 0 Å². The van der Waals surface area contributed by atoms with E-state index in [9.17, 15) is 13.2 Å². The molecule has 168 valence electrons. The number of carbonyl (C=O) groups excluding carboxylic acids is 1. The Balaban J connectivity index is 1.63. The zero-order valence-electron chi connectivity index (χ0n) is 18.2. The van der Waals surface area contributed by atoms with Gasteiger partial charge in [0.2, 0.25) is 15.9 Å². The number of anilines is 1. The van der Waals surface area contributed by atoms with Gasteiger partial charge in [0.25, 0.3) is 0 Å². The number of amides is 1. The maximum absolute atomic E-state index is 13.0. The van der Waals surface area contributed by atoms with Crippen LogP contribution in [0.5, 0.6) is 11.5 Å². The van der Waals surface area contributed by atoms with E-state index in [0.29, 0.717) is 31.9 Å². The van der Waals surface area contributed by atoms with Crippen molar-refractivity contribution in [2.45, 2.75) is 11.8 Å². The summed E-state index contributed by atoms with van der Waals surface area (Å²) in [5.74, 6) is 1.18. The van der Waals surface area contributed by atoms with E-state index in [1.807, 2.05) is 24.3 Å². The molecule has 1 aliphatic heterocycles. The Bertz CT molecular complexity index is 986. The van der Waals surface area contributed by atoms with Crippen LogP contribution in [-0.2, 0) is 14.8 Å². The lowest BCUT2D eigenvalue weighted by Gasteiger charge is -2.37. The number of rotatable bonds is 8. The number of piperazine rings is 1. The summed E-state index contributed by atoms with van der Waals surface area (Å²) in [5, 5.41) is 0. The van der Waals surface area contributed by atoms with Crippen molar-refractivity contribution < 1.29 is 22.7 Å². The monoisotopic (exact) mass is 447 g/mol. The lowest BCUT2D eigenvalue weighted by atomic mass is 10.2. The van der Waals surface area contributed by atoms with Gasteiger partial charge < -0.3 is 19.3 Å². The quantitative estimate of drug-likeness (QED) is 0.616. The topological polar surface area (TPSA) is 79.4 Å². The molecular formula is C22H29N3O5S. The van der Waals surface area contributed by atoms with Crippen LogP contribution < -0.4 is 14.4 Å². The van der Waals surface area contributed by atoms with Crippen LogP contribution >= 0.6 is 0 Å². The lowest BCUT2D eigenvalue weighted by Crippen LogP contribution is -2.51. The Morgan fingerprint density at radius 2 is 1.61 bits per heavy atom. The molecule has 1 heterocycles. The number of carbonyl (C=O) groups is 1. The average molecular weight is 448 g/mol. The number of sulfonamides is 1. The minimum absolute atomic E-state index is 0.143. The predicted molar refractivity (Wildman–Crippen MR) is 119 cm³/mol. The van der Waals surface area contributed by atoms with Gasteiger partial charge in [-0.3, -0.25) is 4.79 Å². The van der Waals surface area contributed by atoms with Gasteiger partial charge in [0, 0.05) is 32.7 Å². The molecule has 0 radical (unpaired) electrons. The van der Waals surface area contributed by atoms with E-state index in [1.54, 1.807) is 31.1 Å². The van der Waals surface area contributed by atoms with E-state index in [0.717, 1.165) is 11.4 Å². The largest absolute Gasteiger partial charge is 0.497 e. The van der Waals surface area contributed by atoms with Gasteiger partial charge in [0.1, 0.15) is 11.5 Å². The van der Waals surface area contributed by atoms with Crippen LogP contribution in [0.15, 0.2) is 53.4 Å². The second-order valence-electron chi connectivity index (χ2n) is 7.15. The molecule has 2 aromatic carbocycles. The number of para-hydroxylation sites is 2. The van der Waals surface area contributed by atoms with Gasteiger partial charge in [-0.2, -0.15) is 4.31 Å². The lowest BCUT2D eigenvalue weighted by molar-refractivity contribution is -0.131. The maximum Gasteiger partial charge on any atom is 0.243 e. The normalized spacial score (nSPS) is 14.6. The highest BCUT2D eigenvalue weighted by atomic mass is 32.2. The van der Waals surface area contributed by atoms with E-state index in [1.165, 1.54) is 23.5 Å². The summed E-state index contributed by atoms with van der Waals surface area (Å²) in [4.78, 5) is 16.9. The maximum atomic E-state index is 13.0. The molecule has 31 heavy (non-hydrogen) atoms. The summed E-state index contributed by atoms with van der Waals surface area (Å²) in [5.41, 5.74) is 0.995. The summed E-state index contributed by atoms with van der Waals surface area (Å²) in [7, 11) is -0.607. The Hall–Kier alpha value is -2.78. The number of ether oxygens (including phenoxy) is 2. The molecule has 2 aromatic rings. The van der Waals surface area contributed by atoms with Crippen LogP contribution in [0.2, 0.25) is 0 Å². The Kier molecular flexibility index (Phi) is 7.40. The molecule has 0 saturated carbocycles.